The zero-order chi connectivity index (χ0) is 37.4. The van der Waals surface area contributed by atoms with Crippen molar-refractivity contribution in [3.05, 3.63) is 166 Å². The third kappa shape index (κ3) is 8.90. The lowest BCUT2D eigenvalue weighted by molar-refractivity contribution is -0.0305. The molecular weight excluding hydrogens is 804 g/mol. The van der Waals surface area contributed by atoms with E-state index in [2.05, 4.69) is 76.8 Å². The maximum atomic E-state index is 11.8. The van der Waals surface area contributed by atoms with Crippen LogP contribution in [0.2, 0.25) is 0 Å². The van der Waals surface area contributed by atoms with Crippen LogP contribution in [0.4, 0.5) is 0 Å². The number of aromatic nitrogens is 6. The van der Waals surface area contributed by atoms with Gasteiger partial charge in [0.15, 0.2) is 0 Å². The number of hydrogen-bond acceptors (Lipinski definition) is 6. The van der Waals surface area contributed by atoms with Crippen LogP contribution < -0.4 is 0 Å². The van der Waals surface area contributed by atoms with Gasteiger partial charge in [-0.2, -0.15) is 0 Å². The van der Waals surface area contributed by atoms with Crippen molar-refractivity contribution < 1.29 is 10.2 Å². The van der Waals surface area contributed by atoms with Gasteiger partial charge in [-0.05, 0) is 73.9 Å². The number of benzene rings is 4. The molecule has 10 heteroatoms. The molecule has 0 radical (unpaired) electrons. The molecular formula is C44H44Br2N6O2. The van der Waals surface area contributed by atoms with Crippen LogP contribution in [0.1, 0.15) is 49.7 Å². The fourth-order valence-corrected chi connectivity index (χ4v) is 8.00. The van der Waals surface area contributed by atoms with E-state index in [-0.39, 0.29) is 11.8 Å². The minimum atomic E-state index is -1.03. The van der Waals surface area contributed by atoms with E-state index in [1.54, 1.807) is 9.36 Å². The number of aliphatic hydroxyl groups is 2. The minimum Gasteiger partial charge on any atom is -0.383 e. The first kappa shape index (κ1) is 37.8. The molecule has 8 rings (SSSR count). The molecule has 0 saturated carbocycles. The highest BCUT2D eigenvalue weighted by Crippen LogP contribution is 2.40. The van der Waals surface area contributed by atoms with Crippen LogP contribution in [-0.4, -0.2) is 40.2 Å². The average molecular weight is 849 g/mol. The van der Waals surface area contributed by atoms with E-state index in [0.29, 0.717) is 13.1 Å². The van der Waals surface area contributed by atoms with E-state index >= 15 is 0 Å². The van der Waals surface area contributed by atoms with Gasteiger partial charge in [-0.25, -0.2) is 9.36 Å². The molecule has 0 amide bonds. The summed E-state index contributed by atoms with van der Waals surface area (Å²) in [5.41, 5.74) is 3.42. The van der Waals surface area contributed by atoms with Crippen molar-refractivity contribution in [3.8, 4) is 22.5 Å². The molecule has 2 aliphatic carbocycles. The molecule has 2 N–H and O–H groups in total. The second kappa shape index (κ2) is 17.3. The molecule has 6 aromatic rings. The predicted molar refractivity (Wildman–Crippen MR) is 220 cm³/mol. The van der Waals surface area contributed by atoms with Crippen molar-refractivity contribution in [2.45, 2.75) is 62.8 Å². The highest BCUT2D eigenvalue weighted by Gasteiger charge is 2.39. The van der Waals surface area contributed by atoms with Crippen LogP contribution >= 0.6 is 31.9 Å². The van der Waals surface area contributed by atoms with Gasteiger partial charge in [0.1, 0.15) is 22.6 Å². The highest BCUT2D eigenvalue weighted by atomic mass is 79.9. The fraction of sp³-hybridized carbons (Fsp3) is 0.273. The first-order chi connectivity index (χ1) is 26.3. The van der Waals surface area contributed by atoms with E-state index in [0.717, 1.165) is 81.1 Å². The molecule has 0 spiro atoms. The van der Waals surface area contributed by atoms with Gasteiger partial charge in [-0.15, -0.1) is 10.2 Å². The Morgan fingerprint density at radius 2 is 0.944 bits per heavy atom. The van der Waals surface area contributed by atoms with Crippen LogP contribution in [0.15, 0.2) is 155 Å². The third-order valence-electron chi connectivity index (χ3n) is 10.4. The Hall–Kier alpha value is -4.48. The van der Waals surface area contributed by atoms with Gasteiger partial charge in [-0.3, -0.25) is 0 Å². The van der Waals surface area contributed by atoms with Crippen molar-refractivity contribution in [3.63, 3.8) is 0 Å². The van der Waals surface area contributed by atoms with E-state index in [9.17, 15) is 10.2 Å². The topological polar surface area (TPSA) is 102 Å². The van der Waals surface area contributed by atoms with Crippen molar-refractivity contribution in [1.29, 1.82) is 0 Å². The lowest BCUT2D eigenvalue weighted by Crippen LogP contribution is -2.39. The number of hydrogen-bond donors (Lipinski definition) is 2. The van der Waals surface area contributed by atoms with Crippen LogP contribution in [0.5, 0.6) is 0 Å². The summed E-state index contributed by atoms with van der Waals surface area (Å²) in [5, 5.41) is 40.7. The van der Waals surface area contributed by atoms with Gasteiger partial charge in [0, 0.05) is 31.9 Å². The van der Waals surface area contributed by atoms with Crippen molar-refractivity contribution >= 4 is 31.9 Å². The van der Waals surface area contributed by atoms with E-state index < -0.39 is 11.2 Å². The van der Waals surface area contributed by atoms with Gasteiger partial charge in [0.05, 0.1) is 25.5 Å². The lowest BCUT2D eigenvalue weighted by Gasteiger charge is -2.36. The van der Waals surface area contributed by atoms with Gasteiger partial charge < -0.3 is 10.2 Å². The van der Waals surface area contributed by atoms with Gasteiger partial charge in [-0.1, -0.05) is 152 Å². The summed E-state index contributed by atoms with van der Waals surface area (Å²) < 4.78 is 5.51. The summed E-state index contributed by atoms with van der Waals surface area (Å²) in [6.45, 7) is 0.729. The Bertz CT molecular complexity index is 2000. The van der Waals surface area contributed by atoms with Gasteiger partial charge in [0.2, 0.25) is 0 Å². The number of nitrogens with zero attached hydrogens (tertiary/aromatic N) is 6. The van der Waals surface area contributed by atoms with Gasteiger partial charge >= 0.3 is 0 Å². The number of halogens is 2. The number of rotatable bonds is 10. The quantitative estimate of drug-likeness (QED) is 0.133. The van der Waals surface area contributed by atoms with Gasteiger partial charge in [0.25, 0.3) is 0 Å². The summed E-state index contributed by atoms with van der Waals surface area (Å²) in [6.07, 6.45) is 18.7. The maximum Gasteiger partial charge on any atom is 0.115 e. The molecule has 0 fully saturated rings. The monoisotopic (exact) mass is 846 g/mol. The molecule has 54 heavy (non-hydrogen) atoms. The summed E-state index contributed by atoms with van der Waals surface area (Å²) in [7, 11) is 0. The Labute approximate surface area is 333 Å². The molecule has 4 atom stereocenters. The Morgan fingerprint density at radius 3 is 1.30 bits per heavy atom. The maximum absolute atomic E-state index is 11.8. The molecule has 0 saturated heterocycles. The van der Waals surface area contributed by atoms with E-state index in [1.165, 1.54) is 0 Å². The second-order valence-corrected chi connectivity index (χ2v) is 16.0. The highest BCUT2D eigenvalue weighted by molar-refractivity contribution is 9.10. The average Bonchev–Trinajstić information content (AvgIpc) is 3.90. The SMILES string of the molecule is O[C@@](Cn1cc(-c2ccccc2)nn1)(c1ccc(Br)cc1)[C@@H]1C=CCCC1.O[C@](Cn1cc(-c2ccccc2)nn1)(c1ccc(Br)cc1)[C@H]1C=CCCC1. The van der Waals surface area contributed by atoms with Crippen LogP contribution in [0, 0.1) is 11.8 Å². The minimum absolute atomic E-state index is 0.0526. The zero-order valence-electron chi connectivity index (χ0n) is 30.0. The first-order valence-electron chi connectivity index (χ1n) is 18.5. The molecule has 276 valence electrons. The van der Waals surface area contributed by atoms with Crippen LogP contribution in [-0.2, 0) is 24.3 Å². The summed E-state index contributed by atoms with van der Waals surface area (Å²) in [6, 6.07) is 35.8. The van der Waals surface area contributed by atoms with Crippen molar-refractivity contribution in [2.24, 2.45) is 11.8 Å². The normalized spacial score (nSPS) is 19.0. The van der Waals surface area contributed by atoms with Crippen molar-refractivity contribution in [1.82, 2.24) is 30.0 Å². The number of allylic oxidation sites excluding steroid dienone is 2. The van der Waals surface area contributed by atoms with Crippen molar-refractivity contribution in [2.75, 3.05) is 0 Å². The molecule has 8 nitrogen and oxygen atoms in total. The molecule has 0 unspecified atom stereocenters. The Morgan fingerprint density at radius 1 is 0.556 bits per heavy atom. The molecule has 4 aromatic carbocycles. The molecule has 0 aliphatic heterocycles. The summed E-state index contributed by atoms with van der Waals surface area (Å²) in [4.78, 5) is 0. The molecule has 0 bridgehead atoms. The molecule has 2 aliphatic rings. The first-order valence-corrected chi connectivity index (χ1v) is 20.1. The second-order valence-electron chi connectivity index (χ2n) is 14.1. The predicted octanol–water partition coefficient (Wildman–Crippen LogP) is 9.90. The van der Waals surface area contributed by atoms with E-state index in [1.807, 2.05) is 122 Å². The standard InChI is InChI=1S/2C22H22BrN3O/c2*23-20-13-11-19(12-14-20)22(27,18-9-5-2-6-10-18)16-26-15-21(24-25-26)17-7-3-1-4-8-17/h2*1,3-5,7-9,11-15,18,27H,2,6,10,16H2/t2*18-,22-/m10/s1. The summed E-state index contributed by atoms with van der Waals surface area (Å²) in [5.74, 6) is 0.105. The summed E-state index contributed by atoms with van der Waals surface area (Å²) >= 11 is 6.96. The lowest BCUT2D eigenvalue weighted by atomic mass is 9.76. The molecule has 2 aromatic heterocycles. The Kier molecular flexibility index (Phi) is 12.1. The van der Waals surface area contributed by atoms with E-state index in [4.69, 9.17) is 0 Å². The smallest absolute Gasteiger partial charge is 0.115 e. The zero-order valence-corrected chi connectivity index (χ0v) is 33.2. The third-order valence-corrected chi connectivity index (χ3v) is 11.5. The fourth-order valence-electron chi connectivity index (χ4n) is 7.47. The largest absolute Gasteiger partial charge is 0.383 e. The molecule has 2 heterocycles. The Balaban J connectivity index is 0.000000167. The van der Waals surface area contributed by atoms with Crippen LogP contribution in [0.25, 0.3) is 22.5 Å². The van der Waals surface area contributed by atoms with Crippen LogP contribution in [0.3, 0.4) is 0 Å².